The van der Waals surface area contributed by atoms with Crippen molar-refractivity contribution >= 4 is 0 Å². The van der Waals surface area contributed by atoms with E-state index in [9.17, 15) is 0 Å². The Morgan fingerprint density at radius 1 is 1.35 bits per heavy atom. The van der Waals surface area contributed by atoms with E-state index >= 15 is 0 Å². The summed E-state index contributed by atoms with van der Waals surface area (Å²) in [7, 11) is 3.86. The average molecular weight is 278 g/mol. The van der Waals surface area contributed by atoms with Gasteiger partial charge in [0.05, 0.1) is 13.7 Å². The van der Waals surface area contributed by atoms with Crippen LogP contribution in [0.3, 0.4) is 0 Å². The summed E-state index contributed by atoms with van der Waals surface area (Å²) >= 11 is 0. The molecule has 1 unspecified atom stereocenters. The minimum Gasteiger partial charge on any atom is -0.493 e. The molecule has 0 amide bonds. The standard InChI is InChI=1S/C16H26N2O2/c1-4-20-16-10-13(7-8-15(16)19-3)11-17-14-6-5-9-18(2)12-14/h7-8,10,14,17H,4-6,9,11-12H2,1-3H3. The summed E-state index contributed by atoms with van der Waals surface area (Å²) in [5.74, 6) is 1.63. The van der Waals surface area contributed by atoms with Gasteiger partial charge in [-0.2, -0.15) is 0 Å². The van der Waals surface area contributed by atoms with E-state index < -0.39 is 0 Å². The highest BCUT2D eigenvalue weighted by atomic mass is 16.5. The van der Waals surface area contributed by atoms with E-state index in [-0.39, 0.29) is 0 Å². The number of likely N-dealkylation sites (N-methyl/N-ethyl adjacent to an activating group) is 1. The summed E-state index contributed by atoms with van der Waals surface area (Å²) in [6.45, 7) is 5.87. The third-order valence-electron chi connectivity index (χ3n) is 3.75. The van der Waals surface area contributed by atoms with E-state index in [1.807, 2.05) is 13.0 Å². The Morgan fingerprint density at radius 2 is 2.20 bits per heavy atom. The normalized spacial score (nSPS) is 19.9. The minimum atomic E-state index is 0.589. The Hall–Kier alpha value is -1.26. The van der Waals surface area contributed by atoms with E-state index in [4.69, 9.17) is 9.47 Å². The molecule has 0 aromatic heterocycles. The van der Waals surface area contributed by atoms with Crippen LogP contribution < -0.4 is 14.8 Å². The number of methoxy groups -OCH3 is 1. The fourth-order valence-corrected chi connectivity index (χ4v) is 2.69. The van der Waals surface area contributed by atoms with E-state index in [0.29, 0.717) is 12.6 Å². The highest BCUT2D eigenvalue weighted by molar-refractivity contribution is 5.42. The van der Waals surface area contributed by atoms with Crippen molar-refractivity contribution in [3.63, 3.8) is 0 Å². The van der Waals surface area contributed by atoms with Crippen molar-refractivity contribution in [1.82, 2.24) is 10.2 Å². The Balaban J connectivity index is 1.93. The van der Waals surface area contributed by atoms with Crippen molar-refractivity contribution in [3.8, 4) is 11.5 Å². The van der Waals surface area contributed by atoms with Crippen LogP contribution in [0.5, 0.6) is 11.5 Å². The number of rotatable bonds is 6. The molecular weight excluding hydrogens is 252 g/mol. The van der Waals surface area contributed by atoms with Gasteiger partial charge in [-0.15, -0.1) is 0 Å². The van der Waals surface area contributed by atoms with Crippen LogP contribution >= 0.6 is 0 Å². The number of ether oxygens (including phenoxy) is 2. The quantitative estimate of drug-likeness (QED) is 0.865. The molecule has 1 saturated heterocycles. The van der Waals surface area contributed by atoms with Gasteiger partial charge in [-0.25, -0.2) is 0 Å². The number of hydrogen-bond donors (Lipinski definition) is 1. The van der Waals surface area contributed by atoms with Crippen LogP contribution in [0.15, 0.2) is 18.2 Å². The maximum atomic E-state index is 5.62. The molecule has 1 aliphatic heterocycles. The number of hydrogen-bond acceptors (Lipinski definition) is 4. The van der Waals surface area contributed by atoms with Gasteiger partial charge in [-0.1, -0.05) is 6.07 Å². The summed E-state index contributed by atoms with van der Waals surface area (Å²) < 4.78 is 10.9. The molecule has 20 heavy (non-hydrogen) atoms. The van der Waals surface area contributed by atoms with Crippen molar-refractivity contribution in [1.29, 1.82) is 0 Å². The monoisotopic (exact) mass is 278 g/mol. The van der Waals surface area contributed by atoms with Gasteiger partial charge in [-0.3, -0.25) is 0 Å². The summed E-state index contributed by atoms with van der Waals surface area (Å²) in [6.07, 6.45) is 2.54. The molecule has 1 aliphatic rings. The fourth-order valence-electron chi connectivity index (χ4n) is 2.69. The average Bonchev–Trinajstić information content (AvgIpc) is 2.46. The van der Waals surface area contributed by atoms with E-state index in [1.54, 1.807) is 7.11 Å². The first-order valence-corrected chi connectivity index (χ1v) is 7.44. The van der Waals surface area contributed by atoms with Crippen LogP contribution in [0.25, 0.3) is 0 Å². The Kier molecular flexibility index (Phi) is 5.68. The van der Waals surface area contributed by atoms with E-state index in [1.165, 1.54) is 24.9 Å². The zero-order chi connectivity index (χ0) is 14.4. The highest BCUT2D eigenvalue weighted by Gasteiger charge is 2.16. The second kappa shape index (κ2) is 7.50. The summed E-state index contributed by atoms with van der Waals surface area (Å²) in [5.41, 5.74) is 1.24. The Morgan fingerprint density at radius 3 is 2.90 bits per heavy atom. The Labute approximate surface area is 122 Å². The number of piperidine rings is 1. The van der Waals surface area contributed by atoms with Crippen molar-refractivity contribution in [2.75, 3.05) is 33.9 Å². The predicted molar refractivity (Wildman–Crippen MR) is 81.5 cm³/mol. The highest BCUT2D eigenvalue weighted by Crippen LogP contribution is 2.28. The zero-order valence-corrected chi connectivity index (χ0v) is 12.8. The van der Waals surface area contributed by atoms with Crippen molar-refractivity contribution in [3.05, 3.63) is 23.8 Å². The first-order chi connectivity index (χ1) is 9.72. The second-order valence-corrected chi connectivity index (χ2v) is 5.40. The zero-order valence-electron chi connectivity index (χ0n) is 12.8. The maximum absolute atomic E-state index is 5.62. The smallest absolute Gasteiger partial charge is 0.161 e. The SMILES string of the molecule is CCOc1cc(CNC2CCCN(C)C2)ccc1OC. The van der Waals surface area contributed by atoms with Crippen LogP contribution in [0, 0.1) is 0 Å². The van der Waals surface area contributed by atoms with Crippen LogP contribution in [0.4, 0.5) is 0 Å². The molecule has 4 nitrogen and oxygen atoms in total. The van der Waals surface area contributed by atoms with Gasteiger partial charge in [0.1, 0.15) is 0 Å². The molecule has 1 atom stereocenters. The molecule has 0 saturated carbocycles. The molecule has 1 fully saturated rings. The lowest BCUT2D eigenvalue weighted by molar-refractivity contribution is 0.226. The number of benzene rings is 1. The molecule has 1 N–H and O–H groups in total. The number of nitrogens with one attached hydrogen (secondary N) is 1. The van der Waals surface area contributed by atoms with Gasteiger partial charge in [0.2, 0.25) is 0 Å². The van der Waals surface area contributed by atoms with Crippen molar-refractivity contribution in [2.24, 2.45) is 0 Å². The van der Waals surface area contributed by atoms with Crippen LogP contribution in [0.1, 0.15) is 25.3 Å². The molecule has 4 heteroatoms. The predicted octanol–water partition coefficient (Wildman–Crippen LogP) is 2.28. The molecule has 0 radical (unpaired) electrons. The van der Waals surface area contributed by atoms with Crippen LogP contribution in [0.2, 0.25) is 0 Å². The van der Waals surface area contributed by atoms with Gasteiger partial charge in [0, 0.05) is 19.1 Å². The first-order valence-electron chi connectivity index (χ1n) is 7.44. The lowest BCUT2D eigenvalue weighted by Gasteiger charge is -2.30. The molecule has 2 rings (SSSR count). The summed E-state index contributed by atoms with van der Waals surface area (Å²) in [5, 5.41) is 3.64. The van der Waals surface area contributed by atoms with Gasteiger partial charge in [0.15, 0.2) is 11.5 Å². The van der Waals surface area contributed by atoms with Crippen LogP contribution in [-0.4, -0.2) is 44.8 Å². The molecule has 0 bridgehead atoms. The third-order valence-corrected chi connectivity index (χ3v) is 3.75. The second-order valence-electron chi connectivity index (χ2n) is 5.40. The lowest BCUT2D eigenvalue weighted by Crippen LogP contribution is -2.43. The molecule has 1 heterocycles. The molecular formula is C16H26N2O2. The van der Waals surface area contributed by atoms with Gasteiger partial charge >= 0.3 is 0 Å². The molecule has 0 spiro atoms. The maximum Gasteiger partial charge on any atom is 0.161 e. The topological polar surface area (TPSA) is 33.7 Å². The summed E-state index contributed by atoms with van der Waals surface area (Å²) in [4.78, 5) is 2.39. The lowest BCUT2D eigenvalue weighted by atomic mass is 10.1. The molecule has 0 aliphatic carbocycles. The molecule has 1 aromatic carbocycles. The van der Waals surface area contributed by atoms with Crippen LogP contribution in [-0.2, 0) is 6.54 Å². The van der Waals surface area contributed by atoms with E-state index in [0.717, 1.165) is 24.6 Å². The molecule has 112 valence electrons. The first kappa shape index (κ1) is 15.1. The van der Waals surface area contributed by atoms with Gasteiger partial charge in [0.25, 0.3) is 0 Å². The van der Waals surface area contributed by atoms with Crippen molar-refractivity contribution in [2.45, 2.75) is 32.4 Å². The summed E-state index contributed by atoms with van der Waals surface area (Å²) in [6, 6.07) is 6.74. The van der Waals surface area contributed by atoms with Crippen molar-refractivity contribution < 1.29 is 9.47 Å². The minimum absolute atomic E-state index is 0.589. The number of likely N-dealkylation sites (tertiary alicyclic amines) is 1. The van der Waals surface area contributed by atoms with Gasteiger partial charge < -0.3 is 19.7 Å². The third kappa shape index (κ3) is 4.12. The van der Waals surface area contributed by atoms with E-state index in [2.05, 4.69) is 29.4 Å². The van der Waals surface area contributed by atoms with Gasteiger partial charge in [-0.05, 0) is 51.1 Å². The number of nitrogens with zero attached hydrogens (tertiary/aromatic N) is 1. The molecule has 1 aromatic rings. The Bertz CT molecular complexity index is 423. The largest absolute Gasteiger partial charge is 0.493 e. The fraction of sp³-hybridized carbons (Fsp3) is 0.625.